The average molecular weight is 466 g/mol. The Kier molecular flexibility index (Phi) is 8.24. The summed E-state index contributed by atoms with van der Waals surface area (Å²) in [6, 6.07) is 17.7. The first-order chi connectivity index (χ1) is 15.7. The molecule has 0 spiro atoms. The Hall–Kier alpha value is -2.74. The maximum atomic E-state index is 12.6. The third-order valence-corrected chi connectivity index (χ3v) is 6.33. The second-order valence-corrected chi connectivity index (χ2v) is 8.96. The lowest BCUT2D eigenvalue weighted by molar-refractivity contribution is 0.00819. The number of carbonyl (C=O) groups is 1. The first kappa shape index (κ1) is 24.9. The Morgan fingerprint density at radius 1 is 1.15 bits per heavy atom. The standard InChI is InChI=1S/C24H31N3O2.CHF3.H2/c1-24(2)21-7-5-4-6-19(21)16-22(24)25-20-10-8-18(9-11-20)17-26(3)23(28)27-12-14-29-15-13-27;2-1(3)4;/h4-11,22,25H,12-17H2,1-3H3;1H;1H/t22-;;/m1../s1. The fourth-order valence-electron chi connectivity index (χ4n) is 4.47. The van der Waals surface area contributed by atoms with E-state index >= 15 is 0 Å². The van der Waals surface area contributed by atoms with E-state index in [0.717, 1.165) is 17.7 Å². The molecule has 2 aromatic rings. The Morgan fingerprint density at radius 3 is 2.36 bits per heavy atom. The SMILES string of the molecule is CN(Cc1ccc(N[C@@H]2Cc3ccccc3C2(C)C)cc1)C(=O)N1CCOCC1.FC(F)F.[HH]. The molecule has 2 aromatic carbocycles. The smallest absolute Gasteiger partial charge is 0.379 e. The van der Waals surface area contributed by atoms with Gasteiger partial charge in [-0.1, -0.05) is 50.2 Å². The molecule has 1 heterocycles. The van der Waals surface area contributed by atoms with E-state index in [-0.39, 0.29) is 12.9 Å². The molecule has 1 aliphatic heterocycles. The van der Waals surface area contributed by atoms with Crippen LogP contribution < -0.4 is 5.32 Å². The molecule has 0 radical (unpaired) electrons. The van der Waals surface area contributed by atoms with Gasteiger partial charge in [-0.05, 0) is 35.2 Å². The quantitative estimate of drug-likeness (QED) is 0.666. The van der Waals surface area contributed by atoms with Crippen molar-refractivity contribution >= 4 is 11.7 Å². The van der Waals surface area contributed by atoms with Gasteiger partial charge >= 0.3 is 12.7 Å². The lowest BCUT2D eigenvalue weighted by Crippen LogP contribution is -2.46. The Bertz CT molecular complexity index is 919. The van der Waals surface area contributed by atoms with Crippen molar-refractivity contribution in [3.05, 3.63) is 65.2 Å². The molecule has 2 aliphatic rings. The molecule has 182 valence electrons. The third kappa shape index (κ3) is 6.41. The van der Waals surface area contributed by atoms with Crippen LogP contribution in [0.5, 0.6) is 0 Å². The predicted molar refractivity (Wildman–Crippen MR) is 126 cm³/mol. The van der Waals surface area contributed by atoms with Crippen molar-refractivity contribution in [2.45, 2.75) is 44.9 Å². The molecule has 2 amide bonds. The van der Waals surface area contributed by atoms with Crippen LogP contribution in [-0.4, -0.2) is 61.9 Å². The van der Waals surface area contributed by atoms with E-state index in [9.17, 15) is 18.0 Å². The largest absolute Gasteiger partial charge is 0.381 e. The van der Waals surface area contributed by atoms with E-state index in [1.54, 1.807) is 4.90 Å². The van der Waals surface area contributed by atoms with Crippen molar-refractivity contribution in [1.29, 1.82) is 0 Å². The Labute approximate surface area is 195 Å². The summed E-state index contributed by atoms with van der Waals surface area (Å²) in [6.07, 6.45) is 1.04. The summed E-state index contributed by atoms with van der Waals surface area (Å²) >= 11 is 0. The molecule has 5 nitrogen and oxygen atoms in total. The first-order valence-electron chi connectivity index (χ1n) is 11.1. The van der Waals surface area contributed by atoms with Crippen LogP contribution in [0.2, 0.25) is 0 Å². The molecule has 8 heteroatoms. The van der Waals surface area contributed by atoms with Gasteiger partial charge in [0.25, 0.3) is 0 Å². The lowest BCUT2D eigenvalue weighted by Gasteiger charge is -2.31. The summed E-state index contributed by atoms with van der Waals surface area (Å²) in [6.45, 7) is 4.17. The van der Waals surface area contributed by atoms with Crippen LogP contribution in [0.25, 0.3) is 0 Å². The third-order valence-electron chi connectivity index (χ3n) is 6.33. The van der Waals surface area contributed by atoms with Crippen LogP contribution in [0.15, 0.2) is 48.5 Å². The highest BCUT2D eigenvalue weighted by atomic mass is 19.4. The van der Waals surface area contributed by atoms with Crippen LogP contribution in [-0.2, 0) is 23.1 Å². The number of rotatable bonds is 4. The minimum Gasteiger partial charge on any atom is -0.381 e. The highest BCUT2D eigenvalue weighted by Gasteiger charge is 2.38. The molecular formula is C25H34F3N3O2. The second kappa shape index (κ2) is 10.9. The van der Waals surface area contributed by atoms with Crippen molar-refractivity contribution in [2.75, 3.05) is 38.7 Å². The minimum atomic E-state index is -3.67. The molecule has 1 atom stereocenters. The summed E-state index contributed by atoms with van der Waals surface area (Å²) in [5, 5.41) is 3.73. The van der Waals surface area contributed by atoms with Gasteiger partial charge in [-0.25, -0.2) is 4.79 Å². The topological polar surface area (TPSA) is 44.8 Å². The molecule has 1 N–H and O–H groups in total. The number of urea groups is 1. The van der Waals surface area contributed by atoms with Crippen LogP contribution in [0.4, 0.5) is 23.7 Å². The number of nitrogens with zero attached hydrogens (tertiary/aromatic N) is 2. The van der Waals surface area contributed by atoms with Crippen LogP contribution in [0.1, 0.15) is 32.0 Å². The number of carbonyl (C=O) groups excluding carboxylic acids is 1. The fourth-order valence-corrected chi connectivity index (χ4v) is 4.47. The van der Waals surface area contributed by atoms with E-state index in [2.05, 4.69) is 67.7 Å². The Morgan fingerprint density at radius 2 is 1.76 bits per heavy atom. The van der Waals surface area contributed by atoms with Crippen LogP contribution in [0, 0.1) is 0 Å². The summed E-state index contributed by atoms with van der Waals surface area (Å²) in [5.41, 5.74) is 5.24. The number of nitrogens with one attached hydrogen (secondary N) is 1. The highest BCUT2D eigenvalue weighted by molar-refractivity contribution is 5.74. The molecule has 0 unspecified atom stereocenters. The number of halogens is 3. The van der Waals surface area contributed by atoms with Gasteiger partial charge in [-0.15, -0.1) is 0 Å². The number of amides is 2. The van der Waals surface area contributed by atoms with Crippen molar-refractivity contribution in [3.8, 4) is 0 Å². The monoisotopic (exact) mass is 465 g/mol. The number of ether oxygens (including phenoxy) is 1. The normalized spacial score (nSPS) is 18.9. The Balaban J connectivity index is 0.000000758. The number of fused-ring (bicyclic) bond motifs is 1. The van der Waals surface area contributed by atoms with E-state index in [1.165, 1.54) is 11.1 Å². The molecule has 1 saturated heterocycles. The van der Waals surface area contributed by atoms with Gasteiger partial charge < -0.3 is 19.9 Å². The maximum Gasteiger partial charge on any atom is 0.379 e. The van der Waals surface area contributed by atoms with E-state index in [4.69, 9.17) is 4.74 Å². The van der Waals surface area contributed by atoms with Gasteiger partial charge in [0.1, 0.15) is 0 Å². The average Bonchev–Trinajstić information content (AvgIpc) is 3.04. The van der Waals surface area contributed by atoms with E-state index in [0.29, 0.717) is 38.9 Å². The number of anilines is 1. The van der Waals surface area contributed by atoms with E-state index < -0.39 is 6.68 Å². The van der Waals surface area contributed by atoms with Gasteiger partial charge in [-0.3, -0.25) is 0 Å². The van der Waals surface area contributed by atoms with Crippen LogP contribution >= 0.6 is 0 Å². The van der Waals surface area contributed by atoms with Gasteiger partial charge in [0, 0.05) is 45.3 Å². The van der Waals surface area contributed by atoms with Gasteiger partial charge in [0.05, 0.1) is 13.2 Å². The summed E-state index contributed by atoms with van der Waals surface area (Å²) in [5.74, 6) is 0. The van der Waals surface area contributed by atoms with Crippen molar-refractivity contribution in [1.82, 2.24) is 9.80 Å². The summed E-state index contributed by atoms with van der Waals surface area (Å²) in [4.78, 5) is 16.2. The zero-order chi connectivity index (χ0) is 24.0. The molecule has 0 aromatic heterocycles. The van der Waals surface area contributed by atoms with Gasteiger partial charge in [0.15, 0.2) is 0 Å². The minimum absolute atomic E-state index is 0. The van der Waals surface area contributed by atoms with Crippen molar-refractivity contribution < 1.29 is 24.1 Å². The van der Waals surface area contributed by atoms with Crippen molar-refractivity contribution in [3.63, 3.8) is 0 Å². The molecule has 0 saturated carbocycles. The molecule has 0 bridgehead atoms. The fraction of sp³-hybridized carbons (Fsp3) is 0.480. The number of morpholine rings is 1. The lowest BCUT2D eigenvalue weighted by atomic mass is 9.83. The summed E-state index contributed by atoms with van der Waals surface area (Å²) < 4.78 is 34.3. The highest BCUT2D eigenvalue weighted by Crippen LogP contribution is 2.39. The molecule has 33 heavy (non-hydrogen) atoms. The molecule has 4 rings (SSSR count). The predicted octanol–water partition coefficient (Wildman–Crippen LogP) is 5.31. The number of hydrogen-bond acceptors (Lipinski definition) is 3. The number of alkyl halides is 3. The zero-order valence-corrected chi connectivity index (χ0v) is 19.4. The van der Waals surface area contributed by atoms with E-state index in [1.807, 2.05) is 11.9 Å². The first-order valence-corrected chi connectivity index (χ1v) is 11.1. The van der Waals surface area contributed by atoms with Crippen LogP contribution in [0.3, 0.4) is 0 Å². The number of benzene rings is 2. The van der Waals surface area contributed by atoms with Gasteiger partial charge in [-0.2, -0.15) is 13.2 Å². The maximum absolute atomic E-state index is 12.6. The van der Waals surface area contributed by atoms with Crippen molar-refractivity contribution in [2.24, 2.45) is 0 Å². The molecule has 1 aliphatic carbocycles. The van der Waals surface area contributed by atoms with Gasteiger partial charge in [0.2, 0.25) is 0 Å². The molecule has 1 fully saturated rings. The summed E-state index contributed by atoms with van der Waals surface area (Å²) in [7, 11) is 1.86. The zero-order valence-electron chi connectivity index (χ0n) is 19.4. The molecular weight excluding hydrogens is 431 g/mol. The second-order valence-electron chi connectivity index (χ2n) is 8.96. The number of hydrogen-bond donors (Lipinski definition) is 1.